The van der Waals surface area contributed by atoms with Crippen molar-refractivity contribution in [1.82, 2.24) is 10.2 Å². The second-order valence-corrected chi connectivity index (χ2v) is 5.83. The standard InChI is InChI=1S/C16H21N3/c1-12(14-4-2-3-13(9-14)10-17)19-8-7-15-5-6-16(11-19)18-15/h2-4,9,12,15-16,18H,5-8,11H2,1H3. The van der Waals surface area contributed by atoms with E-state index in [0.29, 0.717) is 12.1 Å². The fourth-order valence-corrected chi connectivity index (χ4v) is 3.40. The normalized spacial score (nSPS) is 28.6. The third kappa shape index (κ3) is 2.65. The molecule has 0 amide bonds. The molecule has 3 rings (SSSR count). The minimum Gasteiger partial charge on any atom is -0.310 e. The van der Waals surface area contributed by atoms with Crippen LogP contribution in [0.15, 0.2) is 24.3 Å². The van der Waals surface area contributed by atoms with Crippen LogP contribution in [0, 0.1) is 11.3 Å². The Labute approximate surface area is 115 Å². The van der Waals surface area contributed by atoms with Gasteiger partial charge in [-0.1, -0.05) is 12.1 Å². The highest BCUT2D eigenvalue weighted by Crippen LogP contribution is 2.27. The van der Waals surface area contributed by atoms with Crippen LogP contribution < -0.4 is 5.32 Å². The van der Waals surface area contributed by atoms with Crippen molar-refractivity contribution in [1.29, 1.82) is 5.26 Å². The van der Waals surface area contributed by atoms with Crippen molar-refractivity contribution in [3.8, 4) is 6.07 Å². The Bertz CT molecular complexity index is 491. The Morgan fingerprint density at radius 1 is 1.32 bits per heavy atom. The summed E-state index contributed by atoms with van der Waals surface area (Å²) in [5.41, 5.74) is 2.02. The van der Waals surface area contributed by atoms with Crippen LogP contribution in [0.1, 0.15) is 43.4 Å². The van der Waals surface area contributed by atoms with E-state index in [4.69, 9.17) is 5.26 Å². The first-order valence-corrected chi connectivity index (χ1v) is 7.26. The minimum absolute atomic E-state index is 0.398. The molecule has 2 heterocycles. The van der Waals surface area contributed by atoms with Crippen molar-refractivity contribution in [2.75, 3.05) is 13.1 Å². The molecule has 0 spiro atoms. The molecule has 3 heteroatoms. The van der Waals surface area contributed by atoms with E-state index in [1.54, 1.807) is 0 Å². The number of hydrogen-bond acceptors (Lipinski definition) is 3. The summed E-state index contributed by atoms with van der Waals surface area (Å²) >= 11 is 0. The first kappa shape index (κ1) is 12.7. The zero-order chi connectivity index (χ0) is 13.2. The summed E-state index contributed by atoms with van der Waals surface area (Å²) in [5.74, 6) is 0. The van der Waals surface area contributed by atoms with Crippen molar-refractivity contribution in [3.63, 3.8) is 0 Å². The summed E-state index contributed by atoms with van der Waals surface area (Å²) < 4.78 is 0. The van der Waals surface area contributed by atoms with Gasteiger partial charge in [-0.3, -0.25) is 4.90 Å². The molecule has 2 aliphatic rings. The molecule has 1 aromatic carbocycles. The molecule has 2 saturated heterocycles. The van der Waals surface area contributed by atoms with Crippen molar-refractivity contribution >= 4 is 0 Å². The molecular weight excluding hydrogens is 234 g/mol. The van der Waals surface area contributed by atoms with Gasteiger partial charge in [0.25, 0.3) is 0 Å². The van der Waals surface area contributed by atoms with E-state index in [1.807, 2.05) is 18.2 Å². The molecule has 2 bridgehead atoms. The number of nitriles is 1. The van der Waals surface area contributed by atoms with E-state index in [1.165, 1.54) is 24.8 Å². The Kier molecular flexibility index (Phi) is 3.54. The molecule has 2 aliphatic heterocycles. The molecule has 1 aromatic rings. The minimum atomic E-state index is 0.398. The van der Waals surface area contributed by atoms with Crippen LogP contribution >= 0.6 is 0 Å². The van der Waals surface area contributed by atoms with Crippen molar-refractivity contribution in [2.45, 2.75) is 44.3 Å². The smallest absolute Gasteiger partial charge is 0.0991 e. The van der Waals surface area contributed by atoms with Crippen LogP contribution in [-0.2, 0) is 0 Å². The second kappa shape index (κ2) is 5.32. The quantitative estimate of drug-likeness (QED) is 0.882. The number of nitrogens with one attached hydrogen (secondary N) is 1. The third-order valence-electron chi connectivity index (χ3n) is 4.60. The average molecular weight is 255 g/mol. The van der Waals surface area contributed by atoms with Crippen molar-refractivity contribution in [2.24, 2.45) is 0 Å². The van der Waals surface area contributed by atoms with Crippen molar-refractivity contribution < 1.29 is 0 Å². The maximum absolute atomic E-state index is 9.01. The van der Waals surface area contributed by atoms with Gasteiger partial charge in [0.05, 0.1) is 11.6 Å². The Morgan fingerprint density at radius 3 is 3.00 bits per heavy atom. The van der Waals surface area contributed by atoms with Gasteiger partial charge in [-0.15, -0.1) is 0 Å². The Hall–Kier alpha value is -1.37. The number of nitrogens with zero attached hydrogens (tertiary/aromatic N) is 2. The van der Waals surface area contributed by atoms with Gasteiger partial charge in [0.15, 0.2) is 0 Å². The topological polar surface area (TPSA) is 39.1 Å². The van der Waals surface area contributed by atoms with Gasteiger partial charge < -0.3 is 5.32 Å². The zero-order valence-corrected chi connectivity index (χ0v) is 11.5. The largest absolute Gasteiger partial charge is 0.310 e. The van der Waals surface area contributed by atoms with Gasteiger partial charge in [0, 0.05) is 31.2 Å². The SMILES string of the molecule is CC(c1cccc(C#N)c1)N1CCC2CCC(C1)N2. The fraction of sp³-hybridized carbons (Fsp3) is 0.562. The summed E-state index contributed by atoms with van der Waals surface area (Å²) in [6, 6.07) is 12.1. The summed E-state index contributed by atoms with van der Waals surface area (Å²) in [6.45, 7) is 4.55. The van der Waals surface area contributed by atoms with Crippen LogP contribution in [0.5, 0.6) is 0 Å². The predicted molar refractivity (Wildman–Crippen MR) is 75.7 cm³/mol. The predicted octanol–water partition coefficient (Wildman–Crippen LogP) is 2.45. The number of hydrogen-bond donors (Lipinski definition) is 1. The Morgan fingerprint density at radius 2 is 2.16 bits per heavy atom. The zero-order valence-electron chi connectivity index (χ0n) is 11.5. The molecule has 1 N–H and O–H groups in total. The van der Waals surface area contributed by atoms with E-state index in [-0.39, 0.29) is 0 Å². The van der Waals surface area contributed by atoms with Gasteiger partial charge in [0.2, 0.25) is 0 Å². The van der Waals surface area contributed by atoms with Gasteiger partial charge in [-0.05, 0) is 43.9 Å². The lowest BCUT2D eigenvalue weighted by Gasteiger charge is -2.30. The van der Waals surface area contributed by atoms with Crippen LogP contribution in [-0.4, -0.2) is 30.1 Å². The lowest BCUT2D eigenvalue weighted by atomic mass is 10.0. The molecule has 2 fully saturated rings. The Balaban J connectivity index is 1.75. The molecule has 19 heavy (non-hydrogen) atoms. The van der Waals surface area contributed by atoms with Crippen LogP contribution in [0.2, 0.25) is 0 Å². The monoisotopic (exact) mass is 255 g/mol. The molecule has 0 radical (unpaired) electrons. The summed E-state index contributed by atoms with van der Waals surface area (Å²) in [6.07, 6.45) is 3.90. The summed E-state index contributed by atoms with van der Waals surface area (Å²) in [4.78, 5) is 2.56. The van der Waals surface area contributed by atoms with Crippen LogP contribution in [0.4, 0.5) is 0 Å². The average Bonchev–Trinajstić information content (AvgIpc) is 2.77. The van der Waals surface area contributed by atoms with E-state index in [0.717, 1.165) is 24.7 Å². The number of likely N-dealkylation sites (tertiary alicyclic amines) is 1. The summed E-state index contributed by atoms with van der Waals surface area (Å²) in [7, 11) is 0. The fourth-order valence-electron chi connectivity index (χ4n) is 3.40. The highest BCUT2D eigenvalue weighted by Gasteiger charge is 2.31. The molecule has 3 unspecified atom stereocenters. The first-order valence-electron chi connectivity index (χ1n) is 7.26. The molecule has 100 valence electrons. The van der Waals surface area contributed by atoms with Gasteiger partial charge in [-0.25, -0.2) is 0 Å². The maximum Gasteiger partial charge on any atom is 0.0991 e. The van der Waals surface area contributed by atoms with Gasteiger partial charge in [0.1, 0.15) is 0 Å². The molecule has 3 nitrogen and oxygen atoms in total. The third-order valence-corrected chi connectivity index (χ3v) is 4.60. The van der Waals surface area contributed by atoms with E-state index in [2.05, 4.69) is 29.3 Å². The molecule has 0 aromatic heterocycles. The highest BCUT2D eigenvalue weighted by atomic mass is 15.2. The molecule has 3 atom stereocenters. The first-order chi connectivity index (χ1) is 9.26. The summed E-state index contributed by atoms with van der Waals surface area (Å²) in [5, 5.41) is 12.7. The van der Waals surface area contributed by atoms with Crippen LogP contribution in [0.25, 0.3) is 0 Å². The van der Waals surface area contributed by atoms with Crippen LogP contribution in [0.3, 0.4) is 0 Å². The number of rotatable bonds is 2. The lowest BCUT2D eigenvalue weighted by Crippen LogP contribution is -2.36. The van der Waals surface area contributed by atoms with Gasteiger partial charge in [-0.2, -0.15) is 5.26 Å². The van der Waals surface area contributed by atoms with Crippen molar-refractivity contribution in [3.05, 3.63) is 35.4 Å². The number of fused-ring (bicyclic) bond motifs is 2. The number of benzene rings is 1. The molecule has 0 aliphatic carbocycles. The van der Waals surface area contributed by atoms with E-state index >= 15 is 0 Å². The lowest BCUT2D eigenvalue weighted by molar-refractivity contribution is 0.200. The van der Waals surface area contributed by atoms with E-state index < -0.39 is 0 Å². The molecule has 0 saturated carbocycles. The highest BCUT2D eigenvalue weighted by molar-refractivity contribution is 5.34. The molecular formula is C16H21N3. The van der Waals surface area contributed by atoms with E-state index in [9.17, 15) is 0 Å². The second-order valence-electron chi connectivity index (χ2n) is 5.83. The van der Waals surface area contributed by atoms with Gasteiger partial charge >= 0.3 is 0 Å². The maximum atomic E-state index is 9.01.